The molecule has 0 radical (unpaired) electrons. The molecular formula is C53H39NO. The molecule has 2 nitrogen and oxygen atoms in total. The van der Waals surface area contributed by atoms with Crippen molar-refractivity contribution in [3.8, 4) is 33.4 Å². The zero-order valence-electron chi connectivity index (χ0n) is 31.2. The maximum absolute atomic E-state index is 6.54. The normalized spacial score (nSPS) is 16.1. The van der Waals surface area contributed by atoms with E-state index in [1.807, 2.05) is 6.07 Å². The number of fused-ring (bicyclic) bond motifs is 9. The maximum Gasteiger partial charge on any atom is 0.143 e. The Balaban J connectivity index is 1.13. The molecule has 1 aromatic heterocycles. The van der Waals surface area contributed by atoms with E-state index < -0.39 is 0 Å². The molecule has 1 unspecified atom stereocenters. The average Bonchev–Trinajstić information content (AvgIpc) is 3.82. The second-order valence-corrected chi connectivity index (χ2v) is 15.8. The van der Waals surface area contributed by atoms with Gasteiger partial charge in [-0.1, -0.05) is 153 Å². The number of benzene rings is 8. The van der Waals surface area contributed by atoms with Crippen LogP contribution in [-0.4, -0.2) is 0 Å². The fraction of sp³-hybridized carbons (Fsp3) is 0.0943. The fourth-order valence-electron chi connectivity index (χ4n) is 9.77. The summed E-state index contributed by atoms with van der Waals surface area (Å²) in [5, 5.41) is 2.27. The molecule has 0 amide bonds. The summed E-state index contributed by atoms with van der Waals surface area (Å²) in [5.41, 5.74) is 18.9. The Hall–Kier alpha value is -6.64. The van der Waals surface area contributed by atoms with E-state index in [1.54, 1.807) is 0 Å². The van der Waals surface area contributed by atoms with Gasteiger partial charge in [-0.25, -0.2) is 0 Å². The van der Waals surface area contributed by atoms with Gasteiger partial charge in [0, 0.05) is 44.2 Å². The molecule has 0 saturated heterocycles. The van der Waals surface area contributed by atoms with E-state index in [9.17, 15) is 0 Å². The van der Waals surface area contributed by atoms with Crippen molar-refractivity contribution >= 4 is 39.0 Å². The zero-order chi connectivity index (χ0) is 36.9. The lowest BCUT2D eigenvalue weighted by Gasteiger charge is -2.31. The number of rotatable bonds is 5. The minimum absolute atomic E-state index is 0.127. The molecule has 55 heavy (non-hydrogen) atoms. The molecule has 0 aliphatic heterocycles. The van der Waals surface area contributed by atoms with Crippen molar-refractivity contribution in [2.24, 2.45) is 0 Å². The Bertz CT molecular complexity index is 2990. The first-order valence-electron chi connectivity index (χ1n) is 19.3. The standard InChI is InChI=1S/C53H39NO/c1-52(2)46-24-10-7-19-40(46)42-29-27-37(32-48(42)52)54(36-18-13-15-34(31-36)39-22-14-23-45-44-21-9-12-26-50(44)55-51(39)45)38-28-30-43-41-20-8-11-25-47(41)53(3,49(43)33-38)35-16-5-4-6-17-35/h4-33H,1-3H3. The first-order chi connectivity index (χ1) is 26.9. The smallest absolute Gasteiger partial charge is 0.143 e. The molecule has 2 aliphatic rings. The summed E-state index contributed by atoms with van der Waals surface area (Å²) in [5.74, 6) is 0. The van der Waals surface area contributed by atoms with Gasteiger partial charge in [-0.05, 0) is 105 Å². The van der Waals surface area contributed by atoms with E-state index in [1.165, 1.54) is 50.1 Å². The van der Waals surface area contributed by atoms with Gasteiger partial charge < -0.3 is 9.32 Å². The van der Waals surface area contributed by atoms with Crippen molar-refractivity contribution in [1.82, 2.24) is 0 Å². The Morgan fingerprint density at radius 3 is 1.76 bits per heavy atom. The summed E-state index contributed by atoms with van der Waals surface area (Å²) in [6, 6.07) is 66.7. The number of nitrogens with zero attached hydrogens (tertiary/aromatic N) is 1. The molecule has 0 fully saturated rings. The van der Waals surface area contributed by atoms with E-state index in [-0.39, 0.29) is 10.8 Å². The molecule has 0 bridgehead atoms. The van der Waals surface area contributed by atoms with Crippen molar-refractivity contribution in [1.29, 1.82) is 0 Å². The van der Waals surface area contributed by atoms with Crippen LogP contribution in [0.2, 0.25) is 0 Å². The maximum atomic E-state index is 6.54. The van der Waals surface area contributed by atoms with Gasteiger partial charge in [0.05, 0.1) is 0 Å². The Morgan fingerprint density at radius 2 is 0.964 bits per heavy atom. The first kappa shape index (κ1) is 31.8. The lowest BCUT2D eigenvalue weighted by atomic mass is 9.74. The van der Waals surface area contributed by atoms with Crippen molar-refractivity contribution in [3.63, 3.8) is 0 Å². The van der Waals surface area contributed by atoms with Gasteiger partial charge in [0.2, 0.25) is 0 Å². The van der Waals surface area contributed by atoms with Crippen LogP contribution >= 0.6 is 0 Å². The van der Waals surface area contributed by atoms with Crippen molar-refractivity contribution < 1.29 is 4.42 Å². The summed E-state index contributed by atoms with van der Waals surface area (Å²) < 4.78 is 6.54. The topological polar surface area (TPSA) is 16.4 Å². The molecule has 1 heterocycles. The molecule has 11 rings (SSSR count). The van der Waals surface area contributed by atoms with E-state index in [0.29, 0.717) is 0 Å². The summed E-state index contributed by atoms with van der Waals surface area (Å²) >= 11 is 0. The Morgan fingerprint density at radius 1 is 0.400 bits per heavy atom. The van der Waals surface area contributed by atoms with Gasteiger partial charge in [0.1, 0.15) is 11.2 Å². The van der Waals surface area contributed by atoms with Gasteiger partial charge in [0.25, 0.3) is 0 Å². The second kappa shape index (κ2) is 11.7. The molecule has 0 saturated carbocycles. The zero-order valence-corrected chi connectivity index (χ0v) is 31.2. The third-order valence-corrected chi connectivity index (χ3v) is 12.6. The monoisotopic (exact) mass is 705 g/mol. The minimum atomic E-state index is -0.310. The molecule has 0 N–H and O–H groups in total. The Labute approximate surface area is 322 Å². The van der Waals surface area contributed by atoms with Gasteiger partial charge in [-0.3, -0.25) is 0 Å². The van der Waals surface area contributed by atoms with Crippen molar-refractivity contribution in [3.05, 3.63) is 210 Å². The van der Waals surface area contributed by atoms with Gasteiger partial charge in [0.15, 0.2) is 0 Å². The first-order valence-corrected chi connectivity index (χ1v) is 19.3. The predicted molar refractivity (Wildman–Crippen MR) is 229 cm³/mol. The molecule has 8 aromatic carbocycles. The summed E-state index contributed by atoms with van der Waals surface area (Å²) in [6.45, 7) is 7.11. The van der Waals surface area contributed by atoms with Crippen LogP contribution in [0.15, 0.2) is 186 Å². The van der Waals surface area contributed by atoms with Crippen LogP contribution in [0.3, 0.4) is 0 Å². The van der Waals surface area contributed by atoms with Crippen LogP contribution in [-0.2, 0) is 10.8 Å². The number of hydrogen-bond donors (Lipinski definition) is 0. The fourth-order valence-corrected chi connectivity index (χ4v) is 9.77. The predicted octanol–water partition coefficient (Wildman–Crippen LogP) is 14.4. The highest BCUT2D eigenvalue weighted by Gasteiger charge is 2.41. The summed E-state index contributed by atoms with van der Waals surface area (Å²) in [4.78, 5) is 2.45. The van der Waals surface area contributed by atoms with E-state index in [4.69, 9.17) is 4.42 Å². The third-order valence-electron chi connectivity index (χ3n) is 12.6. The molecule has 1 atom stereocenters. The molecular weight excluding hydrogens is 667 g/mol. The van der Waals surface area contributed by atoms with Crippen LogP contribution < -0.4 is 4.90 Å². The highest BCUT2D eigenvalue weighted by molar-refractivity contribution is 6.09. The quantitative estimate of drug-likeness (QED) is 0.177. The summed E-state index contributed by atoms with van der Waals surface area (Å²) in [6.07, 6.45) is 0. The van der Waals surface area contributed by atoms with E-state index >= 15 is 0 Å². The second-order valence-electron chi connectivity index (χ2n) is 15.8. The largest absolute Gasteiger partial charge is 0.455 e. The number of anilines is 3. The molecule has 0 spiro atoms. The Kier molecular flexibility index (Phi) is 6.76. The van der Waals surface area contributed by atoms with Gasteiger partial charge in [-0.15, -0.1) is 0 Å². The third kappa shape index (κ3) is 4.55. The lowest BCUT2D eigenvalue weighted by Crippen LogP contribution is -2.23. The average molecular weight is 706 g/mol. The van der Waals surface area contributed by atoms with E-state index in [2.05, 4.69) is 202 Å². The number of para-hydroxylation sites is 2. The lowest BCUT2D eigenvalue weighted by molar-refractivity contribution is 0.660. The number of hydrogen-bond acceptors (Lipinski definition) is 2. The molecule has 262 valence electrons. The van der Waals surface area contributed by atoms with Crippen LogP contribution in [0, 0.1) is 0 Å². The summed E-state index contributed by atoms with van der Waals surface area (Å²) in [7, 11) is 0. The highest BCUT2D eigenvalue weighted by Crippen LogP contribution is 2.55. The minimum Gasteiger partial charge on any atom is -0.455 e. The van der Waals surface area contributed by atoms with Gasteiger partial charge >= 0.3 is 0 Å². The van der Waals surface area contributed by atoms with Crippen LogP contribution in [0.1, 0.15) is 48.6 Å². The van der Waals surface area contributed by atoms with Gasteiger partial charge in [-0.2, -0.15) is 0 Å². The SMILES string of the molecule is CC1(C)c2ccccc2-c2ccc(N(c3cccc(-c4cccc5c4oc4ccccc45)c3)c3ccc4c(c3)C(C)(c3ccccc3)c3ccccc3-4)cc21. The van der Waals surface area contributed by atoms with Crippen molar-refractivity contribution in [2.45, 2.75) is 31.6 Å². The van der Waals surface area contributed by atoms with Crippen LogP contribution in [0.4, 0.5) is 17.1 Å². The molecule has 2 aliphatic carbocycles. The number of furan rings is 1. The van der Waals surface area contributed by atoms with Crippen molar-refractivity contribution in [2.75, 3.05) is 4.90 Å². The van der Waals surface area contributed by atoms with E-state index in [0.717, 1.165) is 50.1 Å². The van der Waals surface area contributed by atoms with Crippen LogP contribution in [0.25, 0.3) is 55.3 Å². The molecule has 9 aromatic rings. The van der Waals surface area contributed by atoms with Crippen LogP contribution in [0.5, 0.6) is 0 Å². The molecule has 2 heteroatoms. The highest BCUT2D eigenvalue weighted by atomic mass is 16.3.